The molecule has 7 heteroatoms. The van der Waals surface area contributed by atoms with Gasteiger partial charge in [-0.1, -0.05) is 36.4 Å². The highest BCUT2D eigenvalue weighted by atomic mass is 19.1. The van der Waals surface area contributed by atoms with E-state index in [9.17, 15) is 8.78 Å². The van der Waals surface area contributed by atoms with Crippen LogP contribution in [0, 0.1) is 11.6 Å². The molecule has 2 aliphatic rings. The molecule has 0 amide bonds. The van der Waals surface area contributed by atoms with Gasteiger partial charge in [-0.15, -0.1) is 0 Å². The molecule has 1 N–H and O–H groups in total. The van der Waals surface area contributed by atoms with E-state index in [1.54, 1.807) is 22.9 Å². The highest BCUT2D eigenvalue weighted by Crippen LogP contribution is 2.50. The smallest absolute Gasteiger partial charge is 0.226 e. The van der Waals surface area contributed by atoms with Crippen molar-refractivity contribution in [3.05, 3.63) is 113 Å². The number of rotatable bonds is 2. The lowest BCUT2D eigenvalue weighted by atomic mass is 9.84. The van der Waals surface area contributed by atoms with Crippen LogP contribution in [-0.4, -0.2) is 14.8 Å². The van der Waals surface area contributed by atoms with E-state index in [-0.39, 0.29) is 11.6 Å². The Kier molecular flexibility index (Phi) is 3.89. The first-order chi connectivity index (χ1) is 15.2. The summed E-state index contributed by atoms with van der Waals surface area (Å²) in [5.74, 6) is 0.597. The molecule has 5 nitrogen and oxygen atoms in total. The first kappa shape index (κ1) is 17.8. The minimum atomic E-state index is -0.569. The molecule has 31 heavy (non-hydrogen) atoms. The number of hydrogen-bond donors (Lipinski definition) is 1. The van der Waals surface area contributed by atoms with Crippen LogP contribution in [0.5, 0.6) is 5.75 Å². The Labute approximate surface area is 176 Å². The van der Waals surface area contributed by atoms with Gasteiger partial charge in [0.05, 0.1) is 5.70 Å². The fraction of sp³-hybridized carbons (Fsp3) is 0.0833. The van der Waals surface area contributed by atoms with Gasteiger partial charge in [0, 0.05) is 11.1 Å². The summed E-state index contributed by atoms with van der Waals surface area (Å²) in [6.07, 6.45) is 0.904. The number of anilines is 1. The Morgan fingerprint density at radius 2 is 1.71 bits per heavy atom. The summed E-state index contributed by atoms with van der Waals surface area (Å²) < 4.78 is 36.0. The highest BCUT2D eigenvalue weighted by molar-refractivity contribution is 5.85. The monoisotopic (exact) mass is 414 g/mol. The van der Waals surface area contributed by atoms with Crippen molar-refractivity contribution in [3.63, 3.8) is 0 Å². The van der Waals surface area contributed by atoms with Crippen molar-refractivity contribution in [2.45, 2.75) is 12.1 Å². The van der Waals surface area contributed by atoms with Crippen molar-refractivity contribution in [1.82, 2.24) is 14.8 Å². The predicted octanol–water partition coefficient (Wildman–Crippen LogP) is 5.12. The standard InChI is InChI=1S/C24H16F2N4O/c25-16-10-8-14(9-11-16)22-20-21(29-24-27-13-28-30(22)24)18-6-1-2-7-19(18)31-23(20)15-4-3-5-17(26)12-15/h1-13,22-23H,(H,27,28,29)/t22-,23+/m0/s1. The first-order valence-corrected chi connectivity index (χ1v) is 9.86. The van der Waals surface area contributed by atoms with Gasteiger partial charge in [-0.25, -0.2) is 13.5 Å². The van der Waals surface area contributed by atoms with E-state index in [2.05, 4.69) is 15.4 Å². The molecule has 0 saturated carbocycles. The van der Waals surface area contributed by atoms with Crippen LogP contribution in [0.3, 0.4) is 0 Å². The van der Waals surface area contributed by atoms with Crippen LogP contribution in [0.25, 0.3) is 5.70 Å². The van der Waals surface area contributed by atoms with Crippen molar-refractivity contribution in [2.24, 2.45) is 0 Å². The normalized spacial score (nSPS) is 19.0. The Hall–Kier alpha value is -4.00. The molecule has 0 radical (unpaired) electrons. The lowest BCUT2D eigenvalue weighted by molar-refractivity contribution is 0.222. The summed E-state index contributed by atoms with van der Waals surface area (Å²) in [5, 5.41) is 7.80. The number of benzene rings is 3. The second kappa shape index (κ2) is 6.77. The molecule has 2 atom stereocenters. The maximum atomic E-state index is 14.1. The Bertz CT molecular complexity index is 1330. The Balaban J connectivity index is 1.63. The Morgan fingerprint density at radius 1 is 0.871 bits per heavy atom. The van der Waals surface area contributed by atoms with Crippen LogP contribution >= 0.6 is 0 Å². The minimum Gasteiger partial charge on any atom is -0.480 e. The lowest BCUT2D eigenvalue weighted by Crippen LogP contribution is -2.32. The van der Waals surface area contributed by atoms with Crippen LogP contribution in [0.15, 0.2) is 84.7 Å². The molecule has 152 valence electrons. The number of hydrogen-bond acceptors (Lipinski definition) is 4. The molecule has 3 aromatic carbocycles. The van der Waals surface area contributed by atoms with Gasteiger partial charge in [0.25, 0.3) is 0 Å². The maximum Gasteiger partial charge on any atom is 0.226 e. The third-order valence-corrected chi connectivity index (χ3v) is 5.66. The van der Waals surface area contributed by atoms with E-state index in [1.165, 1.54) is 30.6 Å². The summed E-state index contributed by atoms with van der Waals surface area (Å²) in [5.41, 5.74) is 4.08. The van der Waals surface area contributed by atoms with Crippen molar-refractivity contribution in [1.29, 1.82) is 0 Å². The third kappa shape index (κ3) is 2.81. The SMILES string of the molecule is Fc1ccc([C@H]2C3=C(Nc4ncnn42)c2ccccc2O[C@@H]3c2cccc(F)c2)cc1. The summed E-state index contributed by atoms with van der Waals surface area (Å²) in [4.78, 5) is 4.36. The molecule has 0 saturated heterocycles. The van der Waals surface area contributed by atoms with Crippen LogP contribution < -0.4 is 10.1 Å². The van der Waals surface area contributed by atoms with Crippen LogP contribution in [0.2, 0.25) is 0 Å². The fourth-order valence-electron chi connectivity index (χ4n) is 4.33. The number of ether oxygens (including phenoxy) is 1. The number of aromatic nitrogens is 3. The molecule has 6 rings (SSSR count). The van der Waals surface area contributed by atoms with Gasteiger partial charge in [0.2, 0.25) is 5.95 Å². The zero-order valence-corrected chi connectivity index (χ0v) is 16.2. The van der Waals surface area contributed by atoms with Crippen LogP contribution in [-0.2, 0) is 0 Å². The van der Waals surface area contributed by atoms with E-state index in [1.807, 2.05) is 30.3 Å². The second-order valence-corrected chi connectivity index (χ2v) is 7.49. The number of halogens is 2. The summed E-state index contributed by atoms with van der Waals surface area (Å²) in [6, 6.07) is 20.0. The van der Waals surface area contributed by atoms with E-state index in [0.29, 0.717) is 17.3 Å². The molecule has 2 aliphatic heterocycles. The second-order valence-electron chi connectivity index (χ2n) is 7.49. The quantitative estimate of drug-likeness (QED) is 0.495. The van der Waals surface area contributed by atoms with E-state index >= 15 is 0 Å². The molecule has 4 aromatic rings. The zero-order valence-electron chi connectivity index (χ0n) is 16.2. The van der Waals surface area contributed by atoms with Crippen LogP contribution in [0.4, 0.5) is 14.7 Å². The van der Waals surface area contributed by atoms with E-state index < -0.39 is 12.1 Å². The van der Waals surface area contributed by atoms with Gasteiger partial charge >= 0.3 is 0 Å². The largest absolute Gasteiger partial charge is 0.480 e. The molecular weight excluding hydrogens is 398 g/mol. The van der Waals surface area contributed by atoms with E-state index in [0.717, 1.165) is 22.4 Å². The average Bonchev–Trinajstić information content (AvgIpc) is 3.26. The molecule has 0 bridgehead atoms. The van der Waals surface area contributed by atoms with Crippen molar-refractivity contribution >= 4 is 11.6 Å². The number of para-hydroxylation sites is 1. The van der Waals surface area contributed by atoms with Gasteiger partial charge in [-0.3, -0.25) is 0 Å². The van der Waals surface area contributed by atoms with Crippen LogP contribution in [0.1, 0.15) is 28.8 Å². The lowest BCUT2D eigenvalue weighted by Gasteiger charge is -2.39. The number of nitrogens with one attached hydrogen (secondary N) is 1. The topological polar surface area (TPSA) is 52.0 Å². The van der Waals surface area contributed by atoms with Gasteiger partial charge in [0.1, 0.15) is 35.9 Å². The molecule has 3 heterocycles. The van der Waals surface area contributed by atoms with Crippen molar-refractivity contribution in [3.8, 4) is 5.75 Å². The first-order valence-electron chi connectivity index (χ1n) is 9.86. The number of fused-ring (bicyclic) bond motifs is 3. The van der Waals surface area contributed by atoms with Gasteiger partial charge in [0.15, 0.2) is 0 Å². The molecule has 0 fully saturated rings. The summed E-state index contributed by atoms with van der Waals surface area (Å²) in [7, 11) is 0. The molecular formula is C24H16F2N4O. The fourth-order valence-corrected chi connectivity index (χ4v) is 4.33. The maximum absolute atomic E-state index is 14.1. The van der Waals surface area contributed by atoms with Crippen molar-refractivity contribution in [2.75, 3.05) is 5.32 Å². The highest BCUT2D eigenvalue weighted by Gasteiger charge is 2.40. The molecule has 1 aromatic heterocycles. The molecule has 0 spiro atoms. The van der Waals surface area contributed by atoms with Gasteiger partial charge in [-0.2, -0.15) is 10.1 Å². The van der Waals surface area contributed by atoms with Crippen molar-refractivity contribution < 1.29 is 13.5 Å². The van der Waals surface area contributed by atoms with Gasteiger partial charge in [-0.05, 0) is 47.5 Å². The predicted molar refractivity (Wildman–Crippen MR) is 111 cm³/mol. The van der Waals surface area contributed by atoms with Gasteiger partial charge < -0.3 is 10.1 Å². The Morgan fingerprint density at radius 3 is 2.55 bits per heavy atom. The average molecular weight is 414 g/mol. The minimum absolute atomic E-state index is 0.322. The summed E-state index contributed by atoms with van der Waals surface area (Å²) >= 11 is 0. The number of nitrogens with zero attached hydrogens (tertiary/aromatic N) is 3. The third-order valence-electron chi connectivity index (χ3n) is 5.66. The molecule has 0 aliphatic carbocycles. The zero-order chi connectivity index (χ0) is 20.9. The molecule has 0 unspecified atom stereocenters. The summed E-state index contributed by atoms with van der Waals surface area (Å²) in [6.45, 7) is 0. The van der Waals surface area contributed by atoms with E-state index in [4.69, 9.17) is 4.74 Å².